The number of benzene rings is 1. The third-order valence-corrected chi connectivity index (χ3v) is 6.79. The Bertz CT molecular complexity index is 1190. The first kappa shape index (κ1) is 24.9. The molecule has 1 aromatic carbocycles. The number of aromatic nitrogens is 2. The van der Waals surface area contributed by atoms with Crippen LogP contribution in [0.25, 0.3) is 11.3 Å². The van der Waals surface area contributed by atoms with Gasteiger partial charge in [-0.15, -0.1) is 0 Å². The molecule has 2 atom stereocenters. The van der Waals surface area contributed by atoms with Gasteiger partial charge in [-0.3, -0.25) is 14.8 Å². The van der Waals surface area contributed by atoms with E-state index in [0.717, 1.165) is 47.6 Å². The standard InChI is InChI=1S/C28H30F3N3O/c1-18-9-13-23(25-8-4-7-20(3)33-25)24(16-18)27(35)34-15-5-6-19(2)26(34)14-12-22-11-10-21(17-32-22)28(29,30)31/h4,7-11,13,16-17,19,26H,5-6,12,14-15H2,1-3H3/t19-,26-/m1/s1. The van der Waals surface area contributed by atoms with Gasteiger partial charge in [-0.05, 0) is 75.8 Å². The molecule has 0 aliphatic carbocycles. The molecule has 0 N–H and O–H groups in total. The lowest BCUT2D eigenvalue weighted by atomic mass is 9.86. The summed E-state index contributed by atoms with van der Waals surface area (Å²) in [5, 5.41) is 0. The van der Waals surface area contributed by atoms with Crippen LogP contribution in [0.5, 0.6) is 0 Å². The van der Waals surface area contributed by atoms with Crippen molar-refractivity contribution >= 4 is 5.91 Å². The van der Waals surface area contributed by atoms with Crippen LogP contribution in [0.2, 0.25) is 0 Å². The average Bonchev–Trinajstić information content (AvgIpc) is 2.82. The van der Waals surface area contributed by atoms with Crippen molar-refractivity contribution in [1.82, 2.24) is 14.9 Å². The van der Waals surface area contributed by atoms with Crippen LogP contribution in [-0.4, -0.2) is 33.4 Å². The molecule has 4 rings (SSSR count). The molecule has 1 amide bonds. The van der Waals surface area contributed by atoms with Gasteiger partial charge in [-0.1, -0.05) is 30.7 Å². The van der Waals surface area contributed by atoms with E-state index in [1.807, 2.05) is 55.1 Å². The van der Waals surface area contributed by atoms with Crippen molar-refractivity contribution in [3.05, 3.63) is 82.8 Å². The first-order valence-corrected chi connectivity index (χ1v) is 12.0. The van der Waals surface area contributed by atoms with Crippen LogP contribution < -0.4 is 0 Å². The first-order valence-electron chi connectivity index (χ1n) is 12.0. The molecule has 0 unspecified atom stereocenters. The van der Waals surface area contributed by atoms with Crippen molar-refractivity contribution in [1.29, 1.82) is 0 Å². The highest BCUT2D eigenvalue weighted by Crippen LogP contribution is 2.32. The summed E-state index contributed by atoms with van der Waals surface area (Å²) in [5.74, 6) is 0.261. The van der Waals surface area contributed by atoms with E-state index < -0.39 is 11.7 Å². The largest absolute Gasteiger partial charge is 0.417 e. The monoisotopic (exact) mass is 481 g/mol. The molecule has 184 valence electrons. The van der Waals surface area contributed by atoms with E-state index in [-0.39, 0.29) is 17.9 Å². The molecule has 7 heteroatoms. The molecule has 4 nitrogen and oxygen atoms in total. The lowest BCUT2D eigenvalue weighted by Crippen LogP contribution is -2.48. The Hall–Kier alpha value is -3.22. The fraction of sp³-hybridized carbons (Fsp3) is 0.393. The van der Waals surface area contributed by atoms with Crippen molar-refractivity contribution in [3.63, 3.8) is 0 Å². The maximum absolute atomic E-state index is 13.9. The minimum atomic E-state index is -4.40. The normalized spacial score (nSPS) is 18.5. The summed E-state index contributed by atoms with van der Waals surface area (Å²) in [4.78, 5) is 24.5. The van der Waals surface area contributed by atoms with Gasteiger partial charge in [0.1, 0.15) is 0 Å². The fourth-order valence-corrected chi connectivity index (χ4v) is 4.88. The van der Waals surface area contributed by atoms with Crippen LogP contribution in [0.15, 0.2) is 54.7 Å². The molecule has 3 heterocycles. The van der Waals surface area contributed by atoms with E-state index in [9.17, 15) is 18.0 Å². The topological polar surface area (TPSA) is 46.1 Å². The average molecular weight is 482 g/mol. The SMILES string of the molecule is Cc1ccc(-c2cccc(C)n2)c(C(=O)N2CCC[C@@H](C)[C@H]2CCc2ccc(C(F)(F)F)cn2)c1. The van der Waals surface area contributed by atoms with Gasteiger partial charge in [0.25, 0.3) is 5.91 Å². The van der Waals surface area contributed by atoms with Gasteiger partial charge >= 0.3 is 6.18 Å². The molecule has 0 saturated carbocycles. The molecular formula is C28H30F3N3O. The predicted octanol–water partition coefficient (Wildman–Crippen LogP) is 6.65. The van der Waals surface area contributed by atoms with Crippen molar-refractivity contribution in [2.75, 3.05) is 6.54 Å². The number of carbonyl (C=O) groups excluding carboxylic acids is 1. The summed E-state index contributed by atoms with van der Waals surface area (Å²) in [6, 6.07) is 14.1. The molecule has 0 bridgehead atoms. The number of rotatable bonds is 5. The molecule has 3 aromatic rings. The van der Waals surface area contributed by atoms with Gasteiger partial charge in [-0.25, -0.2) is 0 Å². The number of pyridine rings is 2. The zero-order chi connectivity index (χ0) is 25.2. The number of carbonyl (C=O) groups is 1. The summed E-state index contributed by atoms with van der Waals surface area (Å²) in [6.45, 7) is 6.69. The minimum absolute atomic E-state index is 0.0147. The number of aryl methyl sites for hydroxylation is 3. The van der Waals surface area contributed by atoms with Crippen molar-refractivity contribution in [3.8, 4) is 11.3 Å². The summed E-state index contributed by atoms with van der Waals surface area (Å²) in [6.07, 6.45) is -0.423. The molecule has 1 saturated heterocycles. The molecule has 1 fully saturated rings. The molecule has 0 spiro atoms. The van der Waals surface area contributed by atoms with Crippen LogP contribution in [0.4, 0.5) is 13.2 Å². The van der Waals surface area contributed by atoms with E-state index in [1.54, 1.807) is 0 Å². The maximum atomic E-state index is 13.9. The number of piperidine rings is 1. The van der Waals surface area contributed by atoms with Crippen molar-refractivity contribution < 1.29 is 18.0 Å². The molecule has 1 aliphatic rings. The molecule has 2 aromatic heterocycles. The van der Waals surface area contributed by atoms with E-state index in [2.05, 4.69) is 16.9 Å². The van der Waals surface area contributed by atoms with Gasteiger partial charge in [0.05, 0.1) is 11.3 Å². The predicted molar refractivity (Wildman–Crippen MR) is 130 cm³/mol. The van der Waals surface area contributed by atoms with Gasteiger partial charge in [0.2, 0.25) is 0 Å². The second kappa shape index (κ2) is 10.2. The Morgan fingerprint density at radius 2 is 1.91 bits per heavy atom. The number of alkyl halides is 3. The lowest BCUT2D eigenvalue weighted by molar-refractivity contribution is -0.137. The summed E-state index contributed by atoms with van der Waals surface area (Å²) >= 11 is 0. The number of halogens is 3. The van der Waals surface area contributed by atoms with Crippen molar-refractivity contribution in [2.45, 2.75) is 58.7 Å². The van der Waals surface area contributed by atoms with Crippen LogP contribution in [0.1, 0.15) is 59.1 Å². The van der Waals surface area contributed by atoms with E-state index in [0.29, 0.717) is 30.6 Å². The Morgan fingerprint density at radius 1 is 1.11 bits per heavy atom. The van der Waals surface area contributed by atoms with E-state index in [1.165, 1.54) is 6.07 Å². The van der Waals surface area contributed by atoms with Crippen LogP contribution >= 0.6 is 0 Å². The van der Waals surface area contributed by atoms with Crippen LogP contribution in [0.3, 0.4) is 0 Å². The van der Waals surface area contributed by atoms with Crippen molar-refractivity contribution in [2.24, 2.45) is 5.92 Å². The Labute approximate surface area is 204 Å². The summed E-state index contributed by atoms with van der Waals surface area (Å²) in [5.41, 5.74) is 3.95. The van der Waals surface area contributed by atoms with E-state index in [4.69, 9.17) is 0 Å². The molecule has 1 aliphatic heterocycles. The third kappa shape index (κ3) is 5.72. The zero-order valence-electron chi connectivity index (χ0n) is 20.3. The molecule has 35 heavy (non-hydrogen) atoms. The summed E-state index contributed by atoms with van der Waals surface area (Å²) in [7, 11) is 0. The zero-order valence-corrected chi connectivity index (χ0v) is 20.3. The van der Waals surface area contributed by atoms with Gasteiger partial charge in [-0.2, -0.15) is 13.2 Å². The minimum Gasteiger partial charge on any atom is -0.335 e. The van der Waals surface area contributed by atoms with Crippen LogP contribution in [0, 0.1) is 19.8 Å². The third-order valence-electron chi connectivity index (χ3n) is 6.79. The highest BCUT2D eigenvalue weighted by molar-refractivity contribution is 6.01. The maximum Gasteiger partial charge on any atom is 0.417 e. The number of nitrogens with zero attached hydrogens (tertiary/aromatic N) is 3. The smallest absolute Gasteiger partial charge is 0.335 e. The van der Waals surface area contributed by atoms with Gasteiger partial charge in [0, 0.05) is 41.3 Å². The first-order chi connectivity index (χ1) is 16.6. The van der Waals surface area contributed by atoms with E-state index >= 15 is 0 Å². The Kier molecular flexibility index (Phi) is 7.24. The van der Waals surface area contributed by atoms with Gasteiger partial charge in [0.15, 0.2) is 0 Å². The van der Waals surface area contributed by atoms with Crippen LogP contribution in [-0.2, 0) is 12.6 Å². The Morgan fingerprint density at radius 3 is 2.60 bits per heavy atom. The number of likely N-dealkylation sites (tertiary alicyclic amines) is 1. The summed E-state index contributed by atoms with van der Waals surface area (Å²) < 4.78 is 38.6. The Balaban J connectivity index is 1.58. The second-order valence-electron chi connectivity index (χ2n) is 9.47. The quantitative estimate of drug-likeness (QED) is 0.410. The number of hydrogen-bond donors (Lipinski definition) is 0. The fourth-order valence-electron chi connectivity index (χ4n) is 4.88. The second-order valence-corrected chi connectivity index (χ2v) is 9.47. The number of amides is 1. The van der Waals surface area contributed by atoms with Gasteiger partial charge < -0.3 is 4.90 Å². The highest BCUT2D eigenvalue weighted by Gasteiger charge is 2.34. The number of hydrogen-bond acceptors (Lipinski definition) is 3. The molecule has 0 radical (unpaired) electrons. The lowest BCUT2D eigenvalue weighted by Gasteiger charge is -2.40. The highest BCUT2D eigenvalue weighted by atomic mass is 19.4. The molecular weight excluding hydrogens is 451 g/mol.